The lowest BCUT2D eigenvalue weighted by Crippen LogP contribution is -2.37. The zero-order chi connectivity index (χ0) is 21.6. The van der Waals surface area contributed by atoms with Gasteiger partial charge in [-0.1, -0.05) is 27.7 Å². The fourth-order valence-corrected chi connectivity index (χ4v) is 5.22. The smallest absolute Gasteiger partial charge is 0.348 e. The molecule has 2 heterocycles. The molecule has 0 spiro atoms. The minimum Gasteiger partial charge on any atom is -0.379 e. The normalized spacial score (nSPS) is 16.3. The number of rotatable bonds is 8. The first-order chi connectivity index (χ1) is 15.1. The van der Waals surface area contributed by atoms with Crippen molar-refractivity contribution in [1.82, 2.24) is 14.5 Å². The van der Waals surface area contributed by atoms with Gasteiger partial charge in [-0.25, -0.2) is 4.79 Å². The van der Waals surface area contributed by atoms with Crippen LogP contribution in [0.25, 0.3) is 0 Å². The topological polar surface area (TPSA) is 76.5 Å². The molecule has 4 rings (SSSR count). The summed E-state index contributed by atoms with van der Waals surface area (Å²) in [5.41, 5.74) is 2.81. The highest BCUT2D eigenvalue weighted by atomic mass is 79.9. The van der Waals surface area contributed by atoms with Gasteiger partial charge >= 0.3 is 5.69 Å². The Labute approximate surface area is 194 Å². The lowest BCUT2D eigenvalue weighted by atomic mass is 10.2. The van der Waals surface area contributed by atoms with Crippen LogP contribution in [-0.2, 0) is 28.9 Å². The molecule has 31 heavy (non-hydrogen) atoms. The van der Waals surface area contributed by atoms with Crippen molar-refractivity contribution in [3.8, 4) is 0 Å². The van der Waals surface area contributed by atoms with Gasteiger partial charge in [-0.2, -0.15) is 4.98 Å². The van der Waals surface area contributed by atoms with Crippen LogP contribution in [0.15, 0.2) is 38.6 Å². The van der Waals surface area contributed by atoms with E-state index < -0.39 is 0 Å². The maximum Gasteiger partial charge on any atom is 0.348 e. The molecule has 2 aliphatic rings. The number of nitrogens with zero attached hydrogens (tertiary/aromatic N) is 3. The van der Waals surface area contributed by atoms with E-state index in [9.17, 15) is 9.59 Å². The average molecular weight is 507 g/mol. The summed E-state index contributed by atoms with van der Waals surface area (Å²) in [4.78, 5) is 31.8. The number of nitrogens with one attached hydrogen (secondary N) is 1. The summed E-state index contributed by atoms with van der Waals surface area (Å²) in [6.07, 6.45) is 3.78. The fourth-order valence-electron chi connectivity index (χ4n) is 4.08. The average Bonchev–Trinajstić information content (AvgIpc) is 3.26. The van der Waals surface area contributed by atoms with E-state index >= 15 is 0 Å². The van der Waals surface area contributed by atoms with E-state index in [1.54, 1.807) is 0 Å². The zero-order valence-electron chi connectivity index (χ0n) is 17.4. The van der Waals surface area contributed by atoms with Gasteiger partial charge in [0.25, 0.3) is 0 Å². The number of hydrogen-bond acceptors (Lipinski definition) is 6. The molecule has 2 aromatic rings. The molecule has 1 aliphatic carbocycles. The zero-order valence-corrected chi connectivity index (χ0v) is 19.8. The second kappa shape index (κ2) is 10.8. The number of hydrogen-bond donors (Lipinski definition) is 1. The quantitative estimate of drug-likeness (QED) is 0.438. The molecule has 9 heteroatoms. The van der Waals surface area contributed by atoms with Crippen molar-refractivity contribution in [1.29, 1.82) is 0 Å². The molecule has 0 bridgehead atoms. The highest BCUT2D eigenvalue weighted by Crippen LogP contribution is 2.29. The summed E-state index contributed by atoms with van der Waals surface area (Å²) < 4.78 is 8.21. The van der Waals surface area contributed by atoms with Crippen LogP contribution >= 0.6 is 27.7 Å². The van der Waals surface area contributed by atoms with E-state index in [2.05, 4.69) is 31.1 Å². The third kappa shape index (κ3) is 5.97. The maximum atomic E-state index is 12.7. The van der Waals surface area contributed by atoms with E-state index in [4.69, 9.17) is 4.74 Å². The second-order valence-corrected chi connectivity index (χ2v) is 9.66. The molecule has 1 N–H and O–H groups in total. The third-order valence-corrected chi connectivity index (χ3v) is 7.17. The van der Waals surface area contributed by atoms with Gasteiger partial charge in [-0.15, -0.1) is 0 Å². The molecule has 1 saturated heterocycles. The van der Waals surface area contributed by atoms with Crippen LogP contribution in [0.5, 0.6) is 0 Å². The van der Waals surface area contributed by atoms with E-state index in [0.29, 0.717) is 11.6 Å². The number of benzene rings is 1. The predicted octanol–water partition coefficient (Wildman–Crippen LogP) is 2.95. The molecule has 0 saturated carbocycles. The Balaban J connectivity index is 1.37. The van der Waals surface area contributed by atoms with Gasteiger partial charge < -0.3 is 10.1 Å². The molecule has 1 aliphatic heterocycles. The van der Waals surface area contributed by atoms with Crippen molar-refractivity contribution in [3.05, 3.63) is 50.5 Å². The van der Waals surface area contributed by atoms with Crippen LogP contribution in [0.1, 0.15) is 24.1 Å². The highest BCUT2D eigenvalue weighted by Gasteiger charge is 2.22. The van der Waals surface area contributed by atoms with Gasteiger partial charge in [0.2, 0.25) is 5.91 Å². The monoisotopic (exact) mass is 506 g/mol. The summed E-state index contributed by atoms with van der Waals surface area (Å²) in [6.45, 7) is 5.17. The Bertz CT molecular complexity index is 974. The highest BCUT2D eigenvalue weighted by molar-refractivity contribution is 9.10. The summed E-state index contributed by atoms with van der Waals surface area (Å²) in [5.74, 6) is 0.131. The molecule has 7 nitrogen and oxygen atoms in total. The molecule has 166 valence electrons. The molecular weight excluding hydrogens is 480 g/mol. The van der Waals surface area contributed by atoms with Crippen LogP contribution in [0.2, 0.25) is 0 Å². The summed E-state index contributed by atoms with van der Waals surface area (Å²) in [7, 11) is 0. The first kappa shape index (κ1) is 22.5. The maximum absolute atomic E-state index is 12.7. The number of amides is 1. The number of carbonyl (C=O) groups is 1. The van der Waals surface area contributed by atoms with E-state index in [1.807, 2.05) is 28.8 Å². The van der Waals surface area contributed by atoms with Gasteiger partial charge in [0.15, 0.2) is 0 Å². The lowest BCUT2D eigenvalue weighted by Gasteiger charge is -2.26. The van der Waals surface area contributed by atoms with E-state index in [0.717, 1.165) is 79.9 Å². The minimum atomic E-state index is -0.196. The third-order valence-electron chi connectivity index (χ3n) is 5.63. The summed E-state index contributed by atoms with van der Waals surface area (Å²) in [6, 6.07) is 7.47. The summed E-state index contributed by atoms with van der Waals surface area (Å²) in [5, 5.41) is 3.60. The van der Waals surface area contributed by atoms with Crippen LogP contribution in [0.4, 0.5) is 5.69 Å². The van der Waals surface area contributed by atoms with Crippen molar-refractivity contribution in [3.63, 3.8) is 0 Å². The first-order valence-corrected chi connectivity index (χ1v) is 12.5. The van der Waals surface area contributed by atoms with Crippen molar-refractivity contribution < 1.29 is 9.53 Å². The number of thioether (sulfide) groups is 1. The van der Waals surface area contributed by atoms with Crippen LogP contribution in [-0.4, -0.2) is 59.0 Å². The largest absolute Gasteiger partial charge is 0.379 e. The van der Waals surface area contributed by atoms with Gasteiger partial charge in [0.05, 0.1) is 19.0 Å². The van der Waals surface area contributed by atoms with Gasteiger partial charge in [0, 0.05) is 47.6 Å². The first-order valence-electron chi connectivity index (χ1n) is 10.7. The molecule has 1 aromatic carbocycles. The van der Waals surface area contributed by atoms with Crippen LogP contribution in [0, 0.1) is 0 Å². The van der Waals surface area contributed by atoms with Crippen molar-refractivity contribution in [2.75, 3.05) is 43.9 Å². The molecule has 1 fully saturated rings. The predicted molar refractivity (Wildman–Crippen MR) is 126 cm³/mol. The molecule has 1 aromatic heterocycles. The Morgan fingerprint density at radius 1 is 1.16 bits per heavy atom. The van der Waals surface area contributed by atoms with Crippen LogP contribution < -0.4 is 11.0 Å². The Morgan fingerprint density at radius 2 is 1.94 bits per heavy atom. The van der Waals surface area contributed by atoms with Crippen molar-refractivity contribution in [2.45, 2.75) is 37.3 Å². The molecule has 0 radical (unpaired) electrons. The van der Waals surface area contributed by atoms with Crippen molar-refractivity contribution >= 4 is 39.3 Å². The molecular formula is C22H27BrN4O3S. The van der Waals surface area contributed by atoms with Crippen LogP contribution in [0.3, 0.4) is 0 Å². The molecule has 0 atom stereocenters. The number of morpholine rings is 1. The standard InChI is InChI=1S/C22H27BrN4O3S/c23-16-5-7-17(8-6-16)24-20(28)15-31-21-18-3-1-4-19(18)27(22(29)25-21)10-2-9-26-11-13-30-14-12-26/h5-8H,1-4,9-15H2,(H,24,28). The second-order valence-electron chi connectivity index (χ2n) is 7.78. The Hall–Kier alpha value is -1.68. The SMILES string of the molecule is O=C(CSc1nc(=O)n(CCCN2CCOCC2)c2c1CCC2)Nc1ccc(Br)cc1. The number of anilines is 1. The van der Waals surface area contributed by atoms with Gasteiger partial charge in [0.1, 0.15) is 5.03 Å². The Kier molecular flexibility index (Phi) is 7.81. The number of ether oxygens (including phenoxy) is 1. The van der Waals surface area contributed by atoms with Crippen molar-refractivity contribution in [2.24, 2.45) is 0 Å². The van der Waals surface area contributed by atoms with E-state index in [-0.39, 0.29) is 17.3 Å². The molecule has 1 amide bonds. The minimum absolute atomic E-state index is 0.101. The molecule has 0 unspecified atom stereocenters. The number of aromatic nitrogens is 2. The lowest BCUT2D eigenvalue weighted by molar-refractivity contribution is -0.113. The van der Waals surface area contributed by atoms with E-state index in [1.165, 1.54) is 11.8 Å². The number of carbonyl (C=O) groups excluding carboxylic acids is 1. The fraction of sp³-hybridized carbons (Fsp3) is 0.500. The van der Waals surface area contributed by atoms with Gasteiger partial charge in [-0.05, 0) is 49.9 Å². The van der Waals surface area contributed by atoms with Gasteiger partial charge in [-0.3, -0.25) is 14.3 Å². The number of halogens is 1. The summed E-state index contributed by atoms with van der Waals surface area (Å²) >= 11 is 4.74. The Morgan fingerprint density at radius 3 is 2.71 bits per heavy atom. The number of fused-ring (bicyclic) bond motifs is 1.